The molecule has 0 aromatic heterocycles. The Hall–Kier alpha value is -3.02. The molecule has 21 heavy (non-hydrogen) atoms. The molecule has 0 aliphatic carbocycles. The molecular formula is C15H14N2O4. The highest BCUT2D eigenvalue weighted by atomic mass is 16.3. The monoisotopic (exact) mass is 286 g/mol. The summed E-state index contributed by atoms with van der Waals surface area (Å²) in [6.45, 7) is 0. The second kappa shape index (κ2) is 6.42. The third-order valence-electron chi connectivity index (χ3n) is 2.74. The molecule has 0 heterocycles. The van der Waals surface area contributed by atoms with E-state index in [1.54, 1.807) is 24.3 Å². The summed E-state index contributed by atoms with van der Waals surface area (Å²) in [6, 6.07) is 12.3. The maximum Gasteiger partial charge on any atom is 0.273 e. The van der Waals surface area contributed by atoms with E-state index in [1.165, 1.54) is 24.3 Å². The molecule has 2 rings (SSSR count). The minimum absolute atomic E-state index is 0.00938. The molecule has 0 atom stereocenters. The van der Waals surface area contributed by atoms with Crippen LogP contribution in [0.4, 0.5) is 0 Å². The summed E-state index contributed by atoms with van der Waals surface area (Å²) in [5.41, 5.74) is 5.14. The first kappa shape index (κ1) is 14.4. The molecule has 6 nitrogen and oxygen atoms in total. The van der Waals surface area contributed by atoms with E-state index in [0.717, 1.165) is 0 Å². The van der Waals surface area contributed by atoms with Crippen LogP contribution in [0.1, 0.15) is 15.9 Å². The Bertz CT molecular complexity index is 670. The Morgan fingerprint density at radius 2 is 1.71 bits per heavy atom. The van der Waals surface area contributed by atoms with Gasteiger partial charge in [-0.2, -0.15) is 0 Å². The molecule has 0 bridgehead atoms. The average Bonchev–Trinajstić information content (AvgIpc) is 2.45. The van der Waals surface area contributed by atoms with Gasteiger partial charge in [-0.05, 0) is 29.8 Å². The second-order valence-electron chi connectivity index (χ2n) is 4.37. The van der Waals surface area contributed by atoms with Crippen LogP contribution in [0.5, 0.6) is 11.5 Å². The molecule has 2 aromatic rings. The summed E-state index contributed by atoms with van der Waals surface area (Å²) in [6.07, 6.45) is 0.00938. The van der Waals surface area contributed by atoms with Crippen LogP contribution in [0.25, 0.3) is 0 Å². The lowest BCUT2D eigenvalue weighted by atomic mass is 10.1. The smallest absolute Gasteiger partial charge is 0.273 e. The molecule has 0 saturated heterocycles. The molecule has 0 saturated carbocycles. The van der Waals surface area contributed by atoms with Gasteiger partial charge < -0.3 is 10.2 Å². The van der Waals surface area contributed by atoms with Crippen LogP contribution in [0, 0.1) is 0 Å². The molecule has 2 amide bonds. The van der Waals surface area contributed by atoms with E-state index in [-0.39, 0.29) is 23.5 Å². The number of carbonyl (C=O) groups is 2. The number of benzene rings is 2. The van der Waals surface area contributed by atoms with Crippen LogP contribution >= 0.6 is 0 Å². The van der Waals surface area contributed by atoms with Gasteiger partial charge in [0.2, 0.25) is 5.91 Å². The van der Waals surface area contributed by atoms with Crippen molar-refractivity contribution in [1.29, 1.82) is 0 Å². The minimum atomic E-state index is -0.614. The highest BCUT2D eigenvalue weighted by Crippen LogP contribution is 2.14. The van der Waals surface area contributed by atoms with Crippen molar-refractivity contribution >= 4 is 11.8 Å². The fourth-order valence-electron chi connectivity index (χ4n) is 1.76. The van der Waals surface area contributed by atoms with Gasteiger partial charge in [-0.25, -0.2) is 0 Å². The Morgan fingerprint density at radius 3 is 2.43 bits per heavy atom. The normalized spacial score (nSPS) is 9.90. The number of nitrogens with one attached hydrogen (secondary N) is 2. The Morgan fingerprint density at radius 1 is 0.952 bits per heavy atom. The third kappa shape index (κ3) is 3.97. The van der Waals surface area contributed by atoms with Crippen molar-refractivity contribution in [2.75, 3.05) is 0 Å². The summed E-state index contributed by atoms with van der Waals surface area (Å²) in [4.78, 5) is 23.4. The Kier molecular flexibility index (Phi) is 4.40. The number of amides is 2. The van der Waals surface area contributed by atoms with Gasteiger partial charge in [0.05, 0.1) is 12.0 Å². The molecule has 4 N–H and O–H groups in total. The fraction of sp³-hybridized carbons (Fsp3) is 0.0667. The van der Waals surface area contributed by atoms with Gasteiger partial charge in [-0.3, -0.25) is 20.4 Å². The average molecular weight is 286 g/mol. The molecule has 2 aromatic carbocycles. The van der Waals surface area contributed by atoms with Crippen molar-refractivity contribution in [2.45, 2.75) is 6.42 Å². The van der Waals surface area contributed by atoms with Crippen LogP contribution < -0.4 is 10.9 Å². The summed E-state index contributed by atoms with van der Waals surface area (Å²) >= 11 is 0. The lowest BCUT2D eigenvalue weighted by molar-refractivity contribution is -0.121. The predicted octanol–water partition coefficient (Wildman–Crippen LogP) is 1.10. The van der Waals surface area contributed by atoms with E-state index in [4.69, 9.17) is 0 Å². The van der Waals surface area contributed by atoms with Gasteiger partial charge in [0.1, 0.15) is 11.5 Å². The maximum atomic E-state index is 11.8. The Labute approximate surface area is 121 Å². The highest BCUT2D eigenvalue weighted by Gasteiger charge is 2.11. The van der Waals surface area contributed by atoms with E-state index in [9.17, 15) is 19.8 Å². The number of hydrazine groups is 1. The van der Waals surface area contributed by atoms with Gasteiger partial charge in [-0.15, -0.1) is 0 Å². The van der Waals surface area contributed by atoms with Crippen LogP contribution in [-0.2, 0) is 11.2 Å². The summed E-state index contributed by atoms with van der Waals surface area (Å²) in [5.74, 6) is -1.16. The zero-order valence-electron chi connectivity index (χ0n) is 11.0. The van der Waals surface area contributed by atoms with Gasteiger partial charge in [0.25, 0.3) is 5.91 Å². The van der Waals surface area contributed by atoms with Crippen LogP contribution in [-0.4, -0.2) is 22.0 Å². The largest absolute Gasteiger partial charge is 0.508 e. The maximum absolute atomic E-state index is 11.8. The van der Waals surface area contributed by atoms with Crippen molar-refractivity contribution in [1.82, 2.24) is 10.9 Å². The number of phenolic OH excluding ortho intramolecular Hbond substituents is 2. The lowest BCUT2D eigenvalue weighted by Crippen LogP contribution is -2.42. The number of para-hydroxylation sites is 1. The zero-order valence-corrected chi connectivity index (χ0v) is 11.0. The summed E-state index contributed by atoms with van der Waals surface area (Å²) in [5, 5.41) is 18.8. The highest BCUT2D eigenvalue weighted by molar-refractivity contribution is 5.97. The molecule has 0 spiro atoms. The van der Waals surface area contributed by atoms with Crippen molar-refractivity contribution < 1.29 is 19.8 Å². The van der Waals surface area contributed by atoms with Crippen LogP contribution in [0.3, 0.4) is 0 Å². The van der Waals surface area contributed by atoms with Gasteiger partial charge in [0.15, 0.2) is 0 Å². The summed E-state index contributed by atoms with van der Waals surface area (Å²) in [7, 11) is 0. The minimum Gasteiger partial charge on any atom is -0.508 e. The number of rotatable bonds is 3. The molecule has 0 radical (unpaired) electrons. The topological polar surface area (TPSA) is 98.7 Å². The first-order chi connectivity index (χ1) is 10.1. The summed E-state index contributed by atoms with van der Waals surface area (Å²) < 4.78 is 0. The lowest BCUT2D eigenvalue weighted by Gasteiger charge is -2.08. The third-order valence-corrected chi connectivity index (χ3v) is 2.74. The fourth-order valence-corrected chi connectivity index (χ4v) is 1.76. The SMILES string of the molecule is O=C(Cc1cccc(O)c1)NNC(=O)c1ccccc1O. The molecule has 0 aliphatic heterocycles. The second-order valence-corrected chi connectivity index (χ2v) is 4.37. The molecule has 0 aliphatic rings. The van der Waals surface area contributed by atoms with Crippen molar-refractivity contribution in [3.05, 3.63) is 59.7 Å². The number of hydrogen-bond donors (Lipinski definition) is 4. The Balaban J connectivity index is 1.90. The van der Waals surface area contributed by atoms with Gasteiger partial charge >= 0.3 is 0 Å². The van der Waals surface area contributed by atoms with E-state index in [0.29, 0.717) is 5.56 Å². The number of hydrogen-bond acceptors (Lipinski definition) is 4. The molecule has 0 fully saturated rings. The van der Waals surface area contributed by atoms with Gasteiger partial charge in [-0.1, -0.05) is 24.3 Å². The first-order valence-electron chi connectivity index (χ1n) is 6.21. The van der Waals surface area contributed by atoms with Crippen LogP contribution in [0.15, 0.2) is 48.5 Å². The first-order valence-corrected chi connectivity index (χ1v) is 6.21. The zero-order chi connectivity index (χ0) is 15.2. The van der Waals surface area contributed by atoms with Crippen molar-refractivity contribution in [2.24, 2.45) is 0 Å². The van der Waals surface area contributed by atoms with E-state index in [2.05, 4.69) is 10.9 Å². The predicted molar refractivity (Wildman–Crippen MR) is 75.5 cm³/mol. The number of aromatic hydroxyl groups is 2. The van der Waals surface area contributed by atoms with Crippen LogP contribution in [0.2, 0.25) is 0 Å². The van der Waals surface area contributed by atoms with Gasteiger partial charge in [0, 0.05) is 0 Å². The number of phenols is 2. The molecular weight excluding hydrogens is 272 g/mol. The van der Waals surface area contributed by atoms with E-state index >= 15 is 0 Å². The quantitative estimate of drug-likeness (QED) is 0.635. The molecule has 0 unspecified atom stereocenters. The standard InChI is InChI=1S/C15H14N2O4/c18-11-5-3-4-10(8-11)9-14(20)16-17-15(21)12-6-1-2-7-13(12)19/h1-8,18-19H,9H2,(H,16,20)(H,17,21). The molecule has 6 heteroatoms. The van der Waals surface area contributed by atoms with E-state index in [1.807, 2.05) is 0 Å². The van der Waals surface area contributed by atoms with E-state index < -0.39 is 11.8 Å². The van der Waals surface area contributed by atoms with Crippen molar-refractivity contribution in [3.8, 4) is 11.5 Å². The molecule has 108 valence electrons. The van der Waals surface area contributed by atoms with Crippen molar-refractivity contribution in [3.63, 3.8) is 0 Å². The number of carbonyl (C=O) groups excluding carboxylic acids is 2.